The van der Waals surface area contributed by atoms with E-state index in [1.807, 2.05) is 0 Å². The number of hydrogen-bond acceptors (Lipinski definition) is 4. The van der Waals surface area contributed by atoms with Gasteiger partial charge in [0.25, 0.3) is 0 Å². The molecule has 5 heteroatoms. The molecule has 14 heavy (non-hydrogen) atoms. The first kappa shape index (κ1) is 11.4. The molecule has 0 aliphatic carbocycles. The van der Waals surface area contributed by atoms with E-state index in [1.165, 1.54) is 6.08 Å². The van der Waals surface area contributed by atoms with Crippen LogP contribution in [0.2, 0.25) is 0 Å². The summed E-state index contributed by atoms with van der Waals surface area (Å²) in [5.74, 6) is 0.375. The Bertz CT molecular complexity index is 352. The lowest BCUT2D eigenvalue weighted by atomic mass is 9.90. The molecule has 0 saturated carbocycles. The predicted molar refractivity (Wildman–Crippen MR) is 53.6 cm³/mol. The van der Waals surface area contributed by atoms with Gasteiger partial charge in [0.05, 0.1) is 17.0 Å². The van der Waals surface area contributed by atoms with E-state index < -0.39 is 14.6 Å². The fourth-order valence-corrected chi connectivity index (χ4v) is 3.78. The van der Waals surface area contributed by atoms with Crippen LogP contribution in [-0.2, 0) is 14.6 Å². The minimum atomic E-state index is -2.95. The smallest absolute Gasteiger partial charge is 0.228 e. The van der Waals surface area contributed by atoms with Crippen LogP contribution in [0, 0.1) is 5.92 Å². The van der Waals surface area contributed by atoms with E-state index in [2.05, 4.69) is 4.99 Å². The van der Waals surface area contributed by atoms with E-state index in [4.69, 9.17) is 0 Å². The maximum atomic E-state index is 11.6. The van der Waals surface area contributed by atoms with E-state index in [-0.39, 0.29) is 11.7 Å². The van der Waals surface area contributed by atoms with Crippen molar-refractivity contribution >= 4 is 15.9 Å². The van der Waals surface area contributed by atoms with Crippen molar-refractivity contribution in [3.63, 3.8) is 0 Å². The number of nitrogens with zero attached hydrogens (tertiary/aromatic N) is 1. The van der Waals surface area contributed by atoms with E-state index in [9.17, 15) is 13.2 Å². The molecule has 1 heterocycles. The quantitative estimate of drug-likeness (QED) is 0.521. The molecule has 4 nitrogen and oxygen atoms in total. The molecule has 0 spiro atoms. The third-order valence-electron chi connectivity index (χ3n) is 3.17. The molecular formula is C9H15NO3S. The predicted octanol–water partition coefficient (Wildman–Crippen LogP) is 0.926. The van der Waals surface area contributed by atoms with Gasteiger partial charge < -0.3 is 0 Å². The lowest BCUT2D eigenvalue weighted by Crippen LogP contribution is -2.33. The summed E-state index contributed by atoms with van der Waals surface area (Å²) >= 11 is 0. The second-order valence-electron chi connectivity index (χ2n) is 4.17. The van der Waals surface area contributed by atoms with Crippen LogP contribution in [0.25, 0.3) is 0 Å². The zero-order valence-electron chi connectivity index (χ0n) is 8.49. The summed E-state index contributed by atoms with van der Waals surface area (Å²) < 4.78 is 22.6. The Morgan fingerprint density at radius 1 is 1.50 bits per heavy atom. The highest BCUT2D eigenvalue weighted by Crippen LogP contribution is 2.38. The molecular weight excluding hydrogens is 202 g/mol. The van der Waals surface area contributed by atoms with Crippen molar-refractivity contribution in [3.05, 3.63) is 0 Å². The Labute approximate surface area is 84.3 Å². The van der Waals surface area contributed by atoms with Gasteiger partial charge in [0, 0.05) is 0 Å². The van der Waals surface area contributed by atoms with E-state index in [0.29, 0.717) is 19.4 Å². The van der Waals surface area contributed by atoms with Gasteiger partial charge in [0.15, 0.2) is 9.84 Å². The van der Waals surface area contributed by atoms with Crippen LogP contribution in [0.15, 0.2) is 4.99 Å². The molecule has 0 amide bonds. The van der Waals surface area contributed by atoms with Gasteiger partial charge in [-0.05, 0) is 32.6 Å². The fourth-order valence-electron chi connectivity index (χ4n) is 1.92. The minimum absolute atomic E-state index is 0.115. The van der Waals surface area contributed by atoms with Gasteiger partial charge in [-0.15, -0.1) is 0 Å². The van der Waals surface area contributed by atoms with Gasteiger partial charge >= 0.3 is 0 Å². The van der Waals surface area contributed by atoms with Crippen molar-refractivity contribution in [2.45, 2.75) is 31.4 Å². The number of isocyanates is 1. The van der Waals surface area contributed by atoms with Crippen LogP contribution in [0.4, 0.5) is 0 Å². The lowest BCUT2D eigenvalue weighted by Gasteiger charge is -2.24. The number of hydrogen-bond donors (Lipinski definition) is 0. The van der Waals surface area contributed by atoms with Crippen LogP contribution in [0.5, 0.6) is 0 Å². The van der Waals surface area contributed by atoms with Gasteiger partial charge in [0.1, 0.15) is 0 Å². The summed E-state index contributed by atoms with van der Waals surface area (Å²) in [6.07, 6.45) is 2.80. The molecule has 0 bridgehead atoms. The van der Waals surface area contributed by atoms with Crippen LogP contribution in [0.3, 0.4) is 0 Å². The van der Waals surface area contributed by atoms with Crippen molar-refractivity contribution in [1.82, 2.24) is 0 Å². The molecule has 1 unspecified atom stereocenters. The Morgan fingerprint density at radius 2 is 2.14 bits per heavy atom. The van der Waals surface area contributed by atoms with Gasteiger partial charge in [-0.3, -0.25) is 0 Å². The highest BCUT2D eigenvalue weighted by Gasteiger charge is 2.46. The van der Waals surface area contributed by atoms with Gasteiger partial charge in [-0.1, -0.05) is 0 Å². The van der Waals surface area contributed by atoms with Crippen LogP contribution >= 0.6 is 0 Å². The molecule has 0 radical (unpaired) electrons. The van der Waals surface area contributed by atoms with Crippen molar-refractivity contribution in [1.29, 1.82) is 0 Å². The van der Waals surface area contributed by atoms with Crippen molar-refractivity contribution < 1.29 is 13.2 Å². The lowest BCUT2D eigenvalue weighted by molar-refractivity contribution is 0.400. The second kappa shape index (κ2) is 3.83. The zero-order valence-corrected chi connectivity index (χ0v) is 9.30. The van der Waals surface area contributed by atoms with Crippen molar-refractivity contribution in [2.75, 3.05) is 12.3 Å². The van der Waals surface area contributed by atoms with Crippen molar-refractivity contribution in [3.8, 4) is 0 Å². The Hall–Kier alpha value is -0.670. The SMILES string of the molecule is CC1(C)C(CCN=C=O)CCS1(=O)=O. The largest absolute Gasteiger partial charge is 0.234 e. The minimum Gasteiger partial charge on any atom is -0.228 e. The molecule has 0 aromatic rings. The maximum absolute atomic E-state index is 11.6. The summed E-state index contributed by atoms with van der Waals surface area (Å²) in [7, 11) is -2.95. The number of aliphatic imine (C=N–C) groups is 1. The summed E-state index contributed by atoms with van der Waals surface area (Å²) in [5, 5.41) is 0. The fraction of sp³-hybridized carbons (Fsp3) is 0.889. The Balaban J connectivity index is 2.70. The summed E-state index contributed by atoms with van der Waals surface area (Å²) in [6, 6.07) is 0. The first-order chi connectivity index (χ1) is 6.42. The van der Waals surface area contributed by atoms with Gasteiger partial charge in [-0.25, -0.2) is 18.2 Å². The summed E-state index contributed by atoms with van der Waals surface area (Å²) in [5.41, 5.74) is 0. The molecule has 80 valence electrons. The van der Waals surface area contributed by atoms with Crippen LogP contribution in [0.1, 0.15) is 26.7 Å². The van der Waals surface area contributed by atoms with E-state index in [1.54, 1.807) is 13.8 Å². The third-order valence-corrected chi connectivity index (χ3v) is 5.88. The molecule has 1 saturated heterocycles. The first-order valence-electron chi connectivity index (χ1n) is 4.68. The topological polar surface area (TPSA) is 63.6 Å². The monoisotopic (exact) mass is 217 g/mol. The molecule has 1 rings (SSSR count). The maximum Gasteiger partial charge on any atom is 0.234 e. The van der Waals surface area contributed by atoms with Gasteiger partial charge in [0.2, 0.25) is 6.08 Å². The number of rotatable bonds is 3. The zero-order chi connectivity index (χ0) is 10.8. The van der Waals surface area contributed by atoms with E-state index >= 15 is 0 Å². The highest BCUT2D eigenvalue weighted by atomic mass is 32.2. The molecule has 1 aliphatic rings. The molecule has 0 aromatic heterocycles. The molecule has 1 aliphatic heterocycles. The molecule has 1 fully saturated rings. The average molecular weight is 217 g/mol. The molecule has 0 aromatic carbocycles. The molecule has 0 N–H and O–H groups in total. The average Bonchev–Trinajstić information content (AvgIpc) is 2.27. The van der Waals surface area contributed by atoms with Gasteiger partial charge in [-0.2, -0.15) is 0 Å². The number of sulfone groups is 1. The van der Waals surface area contributed by atoms with Crippen molar-refractivity contribution in [2.24, 2.45) is 10.9 Å². The summed E-state index contributed by atoms with van der Waals surface area (Å²) in [4.78, 5) is 13.3. The second-order valence-corrected chi connectivity index (χ2v) is 6.86. The molecule has 1 atom stereocenters. The summed E-state index contributed by atoms with van der Waals surface area (Å²) in [6.45, 7) is 3.89. The van der Waals surface area contributed by atoms with Crippen LogP contribution in [-0.4, -0.2) is 31.5 Å². The highest BCUT2D eigenvalue weighted by molar-refractivity contribution is 7.93. The standard InChI is InChI=1S/C9H15NO3S/c1-9(2)8(3-5-10-7-11)4-6-14(9,12)13/h8H,3-6H2,1-2H3. The normalized spacial score (nSPS) is 28.3. The number of carbonyl (C=O) groups excluding carboxylic acids is 1. The first-order valence-corrected chi connectivity index (χ1v) is 6.33. The van der Waals surface area contributed by atoms with E-state index in [0.717, 1.165) is 0 Å². The Morgan fingerprint density at radius 3 is 2.57 bits per heavy atom. The third kappa shape index (κ3) is 1.88. The Kier molecular flexibility index (Phi) is 3.12. The van der Waals surface area contributed by atoms with Crippen LogP contribution < -0.4 is 0 Å².